The van der Waals surface area contributed by atoms with Crippen LogP contribution in [0.1, 0.15) is 11.4 Å². The zero-order valence-corrected chi connectivity index (χ0v) is 22.6. The number of aromatic nitrogens is 4. The normalized spacial score (nSPS) is 11.6. The van der Waals surface area contributed by atoms with Crippen LogP contribution >= 0.6 is 11.3 Å². The van der Waals surface area contributed by atoms with E-state index in [1.165, 1.54) is 11.3 Å². The Kier molecular flexibility index (Phi) is 7.28. The number of nitrogens with zero attached hydrogens (tertiary/aromatic N) is 5. The minimum absolute atomic E-state index is 0.165. The summed E-state index contributed by atoms with van der Waals surface area (Å²) in [7, 11) is 5.17. The third-order valence-electron chi connectivity index (χ3n) is 6.53. The van der Waals surface area contributed by atoms with E-state index in [9.17, 15) is 4.79 Å². The summed E-state index contributed by atoms with van der Waals surface area (Å²) >= 11 is 1.48. The summed E-state index contributed by atoms with van der Waals surface area (Å²) in [6.45, 7) is 2.53. The van der Waals surface area contributed by atoms with E-state index in [1.807, 2.05) is 90.8 Å². The van der Waals surface area contributed by atoms with Crippen LogP contribution in [0.4, 0.5) is 5.69 Å². The molecule has 0 atom stereocenters. The van der Waals surface area contributed by atoms with E-state index in [0.29, 0.717) is 23.5 Å². The van der Waals surface area contributed by atoms with Gasteiger partial charge in [0.1, 0.15) is 11.5 Å². The largest absolute Gasteiger partial charge is 0.497 e. The molecule has 0 spiro atoms. The van der Waals surface area contributed by atoms with Crippen molar-refractivity contribution in [3.05, 3.63) is 105 Å². The predicted octanol–water partition coefficient (Wildman–Crippen LogP) is 4.90. The molecule has 0 aliphatic rings. The Morgan fingerprint density at radius 3 is 2.50 bits per heavy atom. The molecule has 9 heteroatoms. The Morgan fingerprint density at radius 2 is 1.79 bits per heavy atom. The van der Waals surface area contributed by atoms with E-state index in [2.05, 4.69) is 9.55 Å². The number of aryl methyl sites for hydroxylation is 1. The first-order valence-electron chi connectivity index (χ1n) is 12.2. The molecule has 0 saturated heterocycles. The highest BCUT2D eigenvalue weighted by atomic mass is 32.1. The predicted molar refractivity (Wildman–Crippen MR) is 150 cm³/mol. The number of para-hydroxylation sites is 1. The molecule has 0 amide bonds. The van der Waals surface area contributed by atoms with Gasteiger partial charge >= 0.3 is 0 Å². The summed E-state index contributed by atoms with van der Waals surface area (Å²) in [6, 6.07) is 21.2. The maximum atomic E-state index is 13.6. The first-order chi connectivity index (χ1) is 18.5. The Morgan fingerprint density at radius 1 is 1.00 bits per heavy atom. The van der Waals surface area contributed by atoms with Crippen LogP contribution in [0, 0.1) is 6.92 Å². The molecule has 8 nitrogen and oxygen atoms in total. The van der Waals surface area contributed by atoms with E-state index in [-0.39, 0.29) is 5.56 Å². The highest BCUT2D eigenvalue weighted by Crippen LogP contribution is 2.34. The first-order valence-corrected chi connectivity index (χ1v) is 13.1. The molecule has 38 heavy (non-hydrogen) atoms. The average molecular weight is 528 g/mol. The fourth-order valence-corrected chi connectivity index (χ4v) is 5.35. The van der Waals surface area contributed by atoms with Gasteiger partial charge in [0, 0.05) is 42.8 Å². The zero-order valence-electron chi connectivity index (χ0n) is 21.8. The molecule has 2 aromatic carbocycles. The maximum absolute atomic E-state index is 13.6. The molecule has 0 radical (unpaired) electrons. The van der Waals surface area contributed by atoms with Crippen LogP contribution in [0.3, 0.4) is 0 Å². The molecular weight excluding hydrogens is 498 g/mol. The summed E-state index contributed by atoms with van der Waals surface area (Å²) in [6.07, 6.45) is 2.50. The number of thiazole rings is 1. The van der Waals surface area contributed by atoms with Crippen molar-refractivity contribution in [1.82, 2.24) is 18.9 Å². The topological polar surface area (TPSA) is 75.6 Å². The Labute approximate surface area is 224 Å². The van der Waals surface area contributed by atoms with Gasteiger partial charge in [0.15, 0.2) is 10.5 Å². The van der Waals surface area contributed by atoms with Crippen molar-refractivity contribution in [2.75, 3.05) is 14.2 Å². The summed E-state index contributed by atoms with van der Waals surface area (Å²) in [5, 5.41) is 2.04. The SMILES string of the molecule is COc1ccc(OC)c(-c2csc(=Nc3c(C)n(C)n(-c4ccccc4)c3=O)n2CCc2ccccn2)c1. The van der Waals surface area contributed by atoms with Gasteiger partial charge in [-0.15, -0.1) is 11.3 Å². The van der Waals surface area contributed by atoms with Gasteiger partial charge in [-0.1, -0.05) is 24.3 Å². The second kappa shape index (κ2) is 10.9. The molecule has 0 aliphatic heterocycles. The van der Waals surface area contributed by atoms with Crippen LogP contribution in [-0.2, 0) is 20.0 Å². The lowest BCUT2D eigenvalue weighted by Crippen LogP contribution is -2.20. The van der Waals surface area contributed by atoms with Crippen LogP contribution in [0.5, 0.6) is 11.5 Å². The highest BCUT2D eigenvalue weighted by molar-refractivity contribution is 7.07. The first kappa shape index (κ1) is 25.3. The quantitative estimate of drug-likeness (QED) is 0.288. The van der Waals surface area contributed by atoms with Gasteiger partial charge in [0.25, 0.3) is 5.56 Å². The van der Waals surface area contributed by atoms with Gasteiger partial charge in [0.05, 0.1) is 31.3 Å². The molecule has 0 N–H and O–H groups in total. The number of hydrogen-bond donors (Lipinski definition) is 0. The second-order valence-electron chi connectivity index (χ2n) is 8.71. The smallest absolute Gasteiger partial charge is 0.297 e. The van der Waals surface area contributed by atoms with Crippen molar-refractivity contribution in [2.45, 2.75) is 19.9 Å². The fraction of sp³-hybridized carbons (Fsp3) is 0.207. The van der Waals surface area contributed by atoms with E-state index in [0.717, 1.165) is 39.8 Å². The molecule has 0 unspecified atom stereocenters. The minimum Gasteiger partial charge on any atom is -0.497 e. The third-order valence-corrected chi connectivity index (χ3v) is 7.39. The monoisotopic (exact) mass is 527 g/mol. The molecule has 5 rings (SSSR count). The van der Waals surface area contributed by atoms with Crippen molar-refractivity contribution in [3.63, 3.8) is 0 Å². The van der Waals surface area contributed by atoms with Crippen LogP contribution in [-0.4, -0.2) is 33.1 Å². The summed E-state index contributed by atoms with van der Waals surface area (Å²) < 4.78 is 16.8. The fourth-order valence-electron chi connectivity index (χ4n) is 4.42. The standard InChI is InChI=1S/C29H29N5O3S/c1-20-27(28(35)34(32(20)2)22-11-6-5-7-12-22)31-29-33(17-15-21-10-8-9-16-30-21)25(19-38-29)24-18-23(36-3)13-14-26(24)37-4/h5-14,16,18-19H,15,17H2,1-4H3. The number of methoxy groups -OCH3 is 2. The van der Waals surface area contributed by atoms with Crippen molar-refractivity contribution < 1.29 is 9.47 Å². The zero-order chi connectivity index (χ0) is 26.6. The van der Waals surface area contributed by atoms with Gasteiger partial charge in [-0.05, 0) is 49.4 Å². The Balaban J connectivity index is 1.68. The van der Waals surface area contributed by atoms with Crippen molar-refractivity contribution >= 4 is 17.0 Å². The lowest BCUT2D eigenvalue weighted by Gasteiger charge is -2.13. The number of rotatable bonds is 8. The highest BCUT2D eigenvalue weighted by Gasteiger charge is 2.18. The van der Waals surface area contributed by atoms with Crippen molar-refractivity contribution in [2.24, 2.45) is 12.0 Å². The Bertz CT molecular complexity index is 1680. The summed E-state index contributed by atoms with van der Waals surface area (Å²) in [5.74, 6) is 1.45. The molecule has 0 saturated carbocycles. The molecule has 0 bridgehead atoms. The third kappa shape index (κ3) is 4.80. The molecule has 194 valence electrons. The second-order valence-corrected chi connectivity index (χ2v) is 9.55. The van der Waals surface area contributed by atoms with Crippen LogP contribution in [0.25, 0.3) is 16.9 Å². The number of benzene rings is 2. The molecule has 3 aromatic heterocycles. The van der Waals surface area contributed by atoms with Crippen molar-refractivity contribution in [1.29, 1.82) is 0 Å². The van der Waals surface area contributed by atoms with Crippen molar-refractivity contribution in [3.8, 4) is 28.4 Å². The van der Waals surface area contributed by atoms with Gasteiger partial charge in [0.2, 0.25) is 0 Å². The van der Waals surface area contributed by atoms with E-state index >= 15 is 0 Å². The molecule has 0 fully saturated rings. The number of pyridine rings is 1. The molecule has 5 aromatic rings. The van der Waals surface area contributed by atoms with E-state index in [4.69, 9.17) is 14.5 Å². The average Bonchev–Trinajstić information content (AvgIpc) is 3.45. The van der Waals surface area contributed by atoms with Crippen LogP contribution in [0.15, 0.2) is 88.1 Å². The molecular formula is C29H29N5O3S. The molecule has 3 heterocycles. The van der Waals surface area contributed by atoms with Gasteiger partial charge in [-0.3, -0.25) is 14.5 Å². The van der Waals surface area contributed by atoms with Gasteiger partial charge in [-0.2, -0.15) is 0 Å². The molecule has 0 aliphatic carbocycles. The number of ether oxygens (including phenoxy) is 2. The van der Waals surface area contributed by atoms with Crippen LogP contribution in [0.2, 0.25) is 0 Å². The van der Waals surface area contributed by atoms with E-state index < -0.39 is 0 Å². The van der Waals surface area contributed by atoms with Gasteiger partial charge < -0.3 is 14.0 Å². The van der Waals surface area contributed by atoms with Gasteiger partial charge in [-0.25, -0.2) is 9.67 Å². The number of hydrogen-bond acceptors (Lipinski definition) is 6. The van der Waals surface area contributed by atoms with E-state index in [1.54, 1.807) is 25.1 Å². The Hall–Kier alpha value is -4.37. The van der Waals surface area contributed by atoms with Crippen LogP contribution < -0.4 is 19.8 Å². The lowest BCUT2D eigenvalue weighted by molar-refractivity contribution is 0.404. The summed E-state index contributed by atoms with van der Waals surface area (Å²) in [4.78, 5) is 23.7. The maximum Gasteiger partial charge on any atom is 0.297 e. The lowest BCUT2D eigenvalue weighted by atomic mass is 10.1. The summed E-state index contributed by atoms with van der Waals surface area (Å²) in [5.41, 5.74) is 4.61. The minimum atomic E-state index is -0.165.